The summed E-state index contributed by atoms with van der Waals surface area (Å²) < 4.78 is 13.8. The molecule has 5 nitrogen and oxygen atoms in total. The van der Waals surface area contributed by atoms with Gasteiger partial charge in [0.1, 0.15) is 12.1 Å². The molecule has 0 saturated heterocycles. The Morgan fingerprint density at radius 2 is 2.14 bits per heavy atom. The summed E-state index contributed by atoms with van der Waals surface area (Å²) in [4.78, 5) is 15.9. The zero-order valence-electron chi connectivity index (χ0n) is 13.1. The highest BCUT2D eigenvalue weighted by Gasteiger charge is 2.13. The van der Waals surface area contributed by atoms with Gasteiger partial charge in [-0.05, 0) is 36.5 Å². The number of hydrogen-bond donors (Lipinski definition) is 2. The highest BCUT2D eigenvalue weighted by atomic mass is 19.1. The molecule has 118 valence electrons. The van der Waals surface area contributed by atoms with Gasteiger partial charge in [-0.3, -0.25) is 9.89 Å². The standard InChI is InChI=1S/C16H21FN4O/c1-16(2,3)8-4-5-14(22)20-11-6-7-13(17)12(9-11)15-18-10-19-21-15/h6-7,9-10H,4-5,8H2,1-3H3,(H,20,22)(H,18,19,21). The van der Waals surface area contributed by atoms with Crippen molar-refractivity contribution in [2.75, 3.05) is 5.32 Å². The van der Waals surface area contributed by atoms with Gasteiger partial charge in [0.2, 0.25) is 5.91 Å². The molecule has 2 N–H and O–H groups in total. The third kappa shape index (κ3) is 4.65. The number of amides is 1. The number of aromatic nitrogens is 3. The second kappa shape index (κ2) is 6.68. The van der Waals surface area contributed by atoms with Crippen LogP contribution in [-0.2, 0) is 4.79 Å². The smallest absolute Gasteiger partial charge is 0.224 e. The van der Waals surface area contributed by atoms with E-state index in [9.17, 15) is 9.18 Å². The fraction of sp³-hybridized carbons (Fsp3) is 0.438. The molecule has 6 heteroatoms. The molecule has 1 heterocycles. The van der Waals surface area contributed by atoms with Crippen LogP contribution in [0.4, 0.5) is 10.1 Å². The largest absolute Gasteiger partial charge is 0.326 e. The lowest BCUT2D eigenvalue weighted by atomic mass is 9.90. The summed E-state index contributed by atoms with van der Waals surface area (Å²) in [5, 5.41) is 9.11. The molecule has 2 rings (SSSR count). The van der Waals surface area contributed by atoms with Crippen LogP contribution in [-0.4, -0.2) is 21.1 Å². The Morgan fingerprint density at radius 3 is 2.77 bits per heavy atom. The Morgan fingerprint density at radius 1 is 1.36 bits per heavy atom. The SMILES string of the molecule is CC(C)(C)CCCC(=O)Nc1ccc(F)c(-c2ncn[nH]2)c1. The Labute approximate surface area is 129 Å². The molecule has 0 spiro atoms. The van der Waals surface area contributed by atoms with Crippen LogP contribution in [0.25, 0.3) is 11.4 Å². The number of benzene rings is 1. The molecule has 0 aliphatic carbocycles. The number of rotatable bonds is 5. The molecular formula is C16H21FN4O. The molecule has 0 bridgehead atoms. The minimum Gasteiger partial charge on any atom is -0.326 e. The number of anilines is 1. The molecule has 1 aromatic heterocycles. The van der Waals surface area contributed by atoms with Crippen LogP contribution in [0, 0.1) is 11.2 Å². The number of nitrogens with one attached hydrogen (secondary N) is 2. The van der Waals surface area contributed by atoms with Gasteiger partial charge in [0.15, 0.2) is 5.82 Å². The van der Waals surface area contributed by atoms with E-state index < -0.39 is 5.82 Å². The monoisotopic (exact) mass is 304 g/mol. The molecule has 1 aromatic carbocycles. The first kappa shape index (κ1) is 16.1. The minimum absolute atomic E-state index is 0.0700. The van der Waals surface area contributed by atoms with Gasteiger partial charge in [-0.2, -0.15) is 5.10 Å². The van der Waals surface area contributed by atoms with Crippen molar-refractivity contribution in [2.24, 2.45) is 5.41 Å². The third-order valence-corrected chi connectivity index (χ3v) is 3.25. The summed E-state index contributed by atoms with van der Waals surface area (Å²) in [5.74, 6) is -0.150. The van der Waals surface area contributed by atoms with Crippen LogP contribution >= 0.6 is 0 Å². The van der Waals surface area contributed by atoms with E-state index in [0.29, 0.717) is 17.9 Å². The minimum atomic E-state index is -0.414. The van der Waals surface area contributed by atoms with Crippen molar-refractivity contribution < 1.29 is 9.18 Å². The van der Waals surface area contributed by atoms with Gasteiger partial charge in [-0.15, -0.1) is 0 Å². The van der Waals surface area contributed by atoms with Gasteiger partial charge in [-0.1, -0.05) is 20.8 Å². The molecule has 0 aliphatic heterocycles. The van der Waals surface area contributed by atoms with Crippen molar-refractivity contribution >= 4 is 11.6 Å². The van der Waals surface area contributed by atoms with Gasteiger partial charge in [0.25, 0.3) is 0 Å². The van der Waals surface area contributed by atoms with Crippen molar-refractivity contribution in [1.29, 1.82) is 0 Å². The summed E-state index contributed by atoms with van der Waals surface area (Å²) in [6.07, 6.45) is 3.57. The van der Waals surface area contributed by atoms with E-state index >= 15 is 0 Å². The summed E-state index contributed by atoms with van der Waals surface area (Å²) in [6.45, 7) is 6.44. The van der Waals surface area contributed by atoms with Crippen molar-refractivity contribution in [3.8, 4) is 11.4 Å². The van der Waals surface area contributed by atoms with Crippen LogP contribution in [0.2, 0.25) is 0 Å². The lowest BCUT2D eigenvalue weighted by Gasteiger charge is -2.17. The number of H-pyrrole nitrogens is 1. The molecule has 2 aromatic rings. The Kier molecular flexibility index (Phi) is 4.90. The zero-order chi connectivity index (χ0) is 16.2. The summed E-state index contributed by atoms with van der Waals surface area (Å²) in [6, 6.07) is 4.40. The van der Waals surface area contributed by atoms with Gasteiger partial charge in [0.05, 0.1) is 5.56 Å². The maximum atomic E-state index is 13.8. The molecule has 0 saturated carbocycles. The summed E-state index contributed by atoms with van der Waals surface area (Å²) in [7, 11) is 0. The van der Waals surface area contributed by atoms with E-state index in [-0.39, 0.29) is 16.9 Å². The van der Waals surface area contributed by atoms with Crippen molar-refractivity contribution in [3.63, 3.8) is 0 Å². The predicted octanol–water partition coefficient (Wildman–Crippen LogP) is 3.77. The number of carbonyl (C=O) groups excluding carboxylic acids is 1. The first-order valence-corrected chi connectivity index (χ1v) is 7.30. The molecule has 0 unspecified atom stereocenters. The Bertz CT molecular complexity index is 632. The molecule has 0 radical (unpaired) electrons. The summed E-state index contributed by atoms with van der Waals surface area (Å²) >= 11 is 0. The average Bonchev–Trinajstić information content (AvgIpc) is 2.93. The van der Waals surface area contributed by atoms with Crippen molar-refractivity contribution in [3.05, 3.63) is 30.3 Å². The van der Waals surface area contributed by atoms with E-state index in [1.807, 2.05) is 0 Å². The number of aromatic amines is 1. The van der Waals surface area contributed by atoms with Gasteiger partial charge in [-0.25, -0.2) is 9.37 Å². The first-order valence-electron chi connectivity index (χ1n) is 7.30. The van der Waals surface area contributed by atoms with Crippen LogP contribution in [0.3, 0.4) is 0 Å². The maximum absolute atomic E-state index is 13.8. The molecule has 0 atom stereocenters. The molecule has 22 heavy (non-hydrogen) atoms. The molecule has 0 fully saturated rings. The van der Waals surface area contributed by atoms with E-state index in [0.717, 1.165) is 12.8 Å². The van der Waals surface area contributed by atoms with Gasteiger partial charge < -0.3 is 5.32 Å². The molecule has 0 aliphatic rings. The maximum Gasteiger partial charge on any atom is 0.224 e. The van der Waals surface area contributed by atoms with Crippen molar-refractivity contribution in [2.45, 2.75) is 40.0 Å². The number of halogens is 1. The highest BCUT2D eigenvalue weighted by molar-refractivity contribution is 5.91. The molecule has 1 amide bonds. The quantitative estimate of drug-likeness (QED) is 0.883. The number of nitrogens with zero attached hydrogens (tertiary/aromatic N) is 2. The predicted molar refractivity (Wildman–Crippen MR) is 83.7 cm³/mol. The topological polar surface area (TPSA) is 70.7 Å². The average molecular weight is 304 g/mol. The second-order valence-electron chi connectivity index (χ2n) is 6.49. The first-order chi connectivity index (χ1) is 10.3. The Balaban J connectivity index is 1.99. The van der Waals surface area contributed by atoms with Crippen molar-refractivity contribution in [1.82, 2.24) is 15.2 Å². The van der Waals surface area contributed by atoms with E-state index in [1.54, 1.807) is 6.07 Å². The third-order valence-electron chi connectivity index (χ3n) is 3.25. The normalized spacial score (nSPS) is 11.5. The van der Waals surface area contributed by atoms with Gasteiger partial charge >= 0.3 is 0 Å². The van der Waals surface area contributed by atoms with E-state index in [1.165, 1.54) is 18.5 Å². The highest BCUT2D eigenvalue weighted by Crippen LogP contribution is 2.24. The van der Waals surface area contributed by atoms with Crippen LogP contribution < -0.4 is 5.32 Å². The molecular weight excluding hydrogens is 283 g/mol. The number of hydrogen-bond acceptors (Lipinski definition) is 3. The fourth-order valence-electron chi connectivity index (χ4n) is 2.12. The second-order valence-corrected chi connectivity index (χ2v) is 6.49. The van der Waals surface area contributed by atoms with E-state index in [2.05, 4.69) is 41.3 Å². The summed E-state index contributed by atoms with van der Waals surface area (Å²) in [5.41, 5.74) is 1.05. The lowest BCUT2D eigenvalue weighted by Crippen LogP contribution is -2.13. The Hall–Kier alpha value is -2.24. The zero-order valence-corrected chi connectivity index (χ0v) is 13.1. The fourth-order valence-corrected chi connectivity index (χ4v) is 2.12. The van der Waals surface area contributed by atoms with Crippen LogP contribution in [0.1, 0.15) is 40.0 Å². The van der Waals surface area contributed by atoms with E-state index in [4.69, 9.17) is 0 Å². The number of carbonyl (C=O) groups is 1. The lowest BCUT2D eigenvalue weighted by molar-refractivity contribution is -0.116. The van der Waals surface area contributed by atoms with Crippen LogP contribution in [0.15, 0.2) is 24.5 Å². The van der Waals surface area contributed by atoms with Crippen LogP contribution in [0.5, 0.6) is 0 Å². The van der Waals surface area contributed by atoms with Gasteiger partial charge in [0, 0.05) is 12.1 Å².